The highest BCUT2D eigenvalue weighted by molar-refractivity contribution is 5.48. The third-order valence-electron chi connectivity index (χ3n) is 2.72. The van der Waals surface area contributed by atoms with E-state index < -0.39 is 0 Å². The molecule has 0 unspecified atom stereocenters. The predicted molar refractivity (Wildman–Crippen MR) is 54.5 cm³/mol. The molecule has 0 saturated carbocycles. The van der Waals surface area contributed by atoms with E-state index in [1.807, 2.05) is 6.92 Å². The van der Waals surface area contributed by atoms with Gasteiger partial charge in [0.1, 0.15) is 11.5 Å². The molecule has 3 N–H and O–H groups in total. The van der Waals surface area contributed by atoms with E-state index in [-0.39, 0.29) is 17.5 Å². The van der Waals surface area contributed by atoms with E-state index in [1.54, 1.807) is 6.07 Å². The Bertz CT molecular complexity index is 363. The molecular weight excluding hydrogens is 178 g/mol. The summed E-state index contributed by atoms with van der Waals surface area (Å²) in [6.07, 6.45) is 0.849. The summed E-state index contributed by atoms with van der Waals surface area (Å²) < 4.78 is 0. The van der Waals surface area contributed by atoms with E-state index >= 15 is 0 Å². The van der Waals surface area contributed by atoms with Crippen LogP contribution in [0.2, 0.25) is 0 Å². The highest BCUT2D eigenvalue weighted by Gasteiger charge is 2.23. The number of hydrogen-bond donors (Lipinski definition) is 3. The molecule has 76 valence electrons. The Balaban J connectivity index is 2.53. The molecule has 2 atom stereocenters. The van der Waals surface area contributed by atoms with Gasteiger partial charge in [-0.25, -0.2) is 0 Å². The first-order valence-electron chi connectivity index (χ1n) is 4.88. The van der Waals surface area contributed by atoms with E-state index in [4.69, 9.17) is 0 Å². The van der Waals surface area contributed by atoms with Gasteiger partial charge in [-0.3, -0.25) is 0 Å². The summed E-state index contributed by atoms with van der Waals surface area (Å²) in [6, 6.07) is 3.67. The van der Waals surface area contributed by atoms with Crippen LogP contribution in [0, 0.1) is 0 Å². The van der Waals surface area contributed by atoms with Gasteiger partial charge in [0, 0.05) is 23.7 Å². The Morgan fingerprint density at radius 1 is 1.29 bits per heavy atom. The molecule has 0 fully saturated rings. The first-order valence-corrected chi connectivity index (χ1v) is 4.88. The molecule has 1 aliphatic rings. The molecule has 0 amide bonds. The first kappa shape index (κ1) is 9.34. The second-order valence-electron chi connectivity index (χ2n) is 4.03. The summed E-state index contributed by atoms with van der Waals surface area (Å²) in [5.74, 6) is 0.328. The van der Waals surface area contributed by atoms with Gasteiger partial charge in [-0.1, -0.05) is 0 Å². The molecule has 1 aromatic rings. The zero-order chi connectivity index (χ0) is 10.3. The van der Waals surface area contributed by atoms with E-state index in [1.165, 1.54) is 6.07 Å². The average molecular weight is 193 g/mol. The van der Waals surface area contributed by atoms with Gasteiger partial charge in [0.05, 0.1) is 0 Å². The van der Waals surface area contributed by atoms with Gasteiger partial charge in [-0.2, -0.15) is 0 Å². The number of fused-ring (bicyclic) bond motifs is 1. The van der Waals surface area contributed by atoms with Crippen LogP contribution >= 0.6 is 0 Å². The number of nitrogens with one attached hydrogen (secondary N) is 1. The number of hydrogen-bond acceptors (Lipinski definition) is 3. The third kappa shape index (κ3) is 1.44. The molecule has 0 radical (unpaired) electrons. The smallest absolute Gasteiger partial charge is 0.124 e. The van der Waals surface area contributed by atoms with Crippen molar-refractivity contribution in [2.75, 3.05) is 0 Å². The summed E-state index contributed by atoms with van der Waals surface area (Å²) in [5, 5.41) is 22.4. The lowest BCUT2D eigenvalue weighted by Gasteiger charge is -2.29. The zero-order valence-corrected chi connectivity index (χ0v) is 8.41. The summed E-state index contributed by atoms with van der Waals surface area (Å²) in [7, 11) is 0. The Labute approximate surface area is 83.4 Å². The van der Waals surface area contributed by atoms with Crippen LogP contribution in [0.3, 0.4) is 0 Å². The maximum atomic E-state index is 9.69. The fraction of sp³-hybridized carbons (Fsp3) is 0.455. The van der Waals surface area contributed by atoms with Crippen LogP contribution in [-0.4, -0.2) is 16.3 Å². The molecule has 3 nitrogen and oxygen atoms in total. The highest BCUT2D eigenvalue weighted by Crippen LogP contribution is 2.35. The van der Waals surface area contributed by atoms with Crippen molar-refractivity contribution in [1.29, 1.82) is 0 Å². The van der Waals surface area contributed by atoms with Crippen LogP contribution in [0.5, 0.6) is 11.5 Å². The van der Waals surface area contributed by atoms with Crippen LogP contribution in [-0.2, 0) is 6.42 Å². The summed E-state index contributed by atoms with van der Waals surface area (Å²) in [5.41, 5.74) is 1.96. The van der Waals surface area contributed by atoms with Crippen LogP contribution in [0.1, 0.15) is 31.0 Å². The Morgan fingerprint density at radius 2 is 2.00 bits per heavy atom. The minimum atomic E-state index is 0.141. The highest BCUT2D eigenvalue weighted by atomic mass is 16.3. The molecule has 1 heterocycles. The van der Waals surface area contributed by atoms with E-state index in [9.17, 15) is 10.2 Å². The molecule has 3 heteroatoms. The maximum Gasteiger partial charge on any atom is 0.124 e. The van der Waals surface area contributed by atoms with Gasteiger partial charge in [-0.15, -0.1) is 0 Å². The van der Waals surface area contributed by atoms with E-state index in [0.29, 0.717) is 6.04 Å². The number of phenols is 2. The monoisotopic (exact) mass is 193 g/mol. The molecule has 0 aliphatic carbocycles. The normalized spacial score (nSPS) is 25.9. The van der Waals surface area contributed by atoms with Crippen molar-refractivity contribution in [1.82, 2.24) is 5.32 Å². The van der Waals surface area contributed by atoms with Gasteiger partial charge >= 0.3 is 0 Å². The lowest BCUT2D eigenvalue weighted by Crippen LogP contribution is -2.35. The molecule has 0 bridgehead atoms. The van der Waals surface area contributed by atoms with Gasteiger partial charge in [0.2, 0.25) is 0 Å². The van der Waals surface area contributed by atoms with Crippen molar-refractivity contribution in [3.63, 3.8) is 0 Å². The maximum absolute atomic E-state index is 9.69. The van der Waals surface area contributed by atoms with E-state index in [2.05, 4.69) is 12.2 Å². The number of aromatic hydroxyl groups is 2. The molecule has 2 rings (SSSR count). The third-order valence-corrected chi connectivity index (χ3v) is 2.72. The zero-order valence-electron chi connectivity index (χ0n) is 8.41. The second kappa shape index (κ2) is 3.17. The Kier molecular flexibility index (Phi) is 2.11. The van der Waals surface area contributed by atoms with Gasteiger partial charge in [0.15, 0.2) is 0 Å². The fourth-order valence-corrected chi connectivity index (χ4v) is 2.25. The molecule has 0 spiro atoms. The van der Waals surface area contributed by atoms with Crippen LogP contribution in [0.15, 0.2) is 12.1 Å². The molecule has 0 saturated heterocycles. The quantitative estimate of drug-likeness (QED) is 0.587. The van der Waals surface area contributed by atoms with Gasteiger partial charge < -0.3 is 15.5 Å². The molecule has 1 aromatic carbocycles. The van der Waals surface area contributed by atoms with Crippen molar-refractivity contribution in [3.8, 4) is 11.5 Å². The van der Waals surface area contributed by atoms with Crippen LogP contribution in [0.25, 0.3) is 0 Å². The average Bonchev–Trinajstić information content (AvgIpc) is 1.99. The van der Waals surface area contributed by atoms with E-state index in [0.717, 1.165) is 17.5 Å². The topological polar surface area (TPSA) is 52.5 Å². The largest absolute Gasteiger partial charge is 0.508 e. The minimum absolute atomic E-state index is 0.141. The summed E-state index contributed by atoms with van der Waals surface area (Å²) in [4.78, 5) is 0. The van der Waals surface area contributed by atoms with Crippen molar-refractivity contribution >= 4 is 0 Å². The lowest BCUT2D eigenvalue weighted by molar-refractivity contribution is 0.401. The van der Waals surface area contributed by atoms with Crippen molar-refractivity contribution in [2.45, 2.75) is 32.4 Å². The first-order chi connectivity index (χ1) is 6.58. The van der Waals surface area contributed by atoms with Gasteiger partial charge in [0.25, 0.3) is 0 Å². The molecule has 1 aliphatic heterocycles. The fourth-order valence-electron chi connectivity index (χ4n) is 2.25. The van der Waals surface area contributed by atoms with Crippen LogP contribution < -0.4 is 5.32 Å². The Hall–Kier alpha value is -1.22. The standard InChI is InChI=1S/C11H15NO2/c1-6-3-8-4-9(13)5-10(14)11(8)7(2)12-6/h4-7,12-14H,3H2,1-2H3/t6-,7-/m1/s1. The number of benzene rings is 1. The molecular formula is C11H15NO2. The van der Waals surface area contributed by atoms with Crippen molar-refractivity contribution < 1.29 is 10.2 Å². The van der Waals surface area contributed by atoms with Crippen molar-refractivity contribution in [3.05, 3.63) is 23.3 Å². The number of phenolic OH excluding ortho intramolecular Hbond substituents is 2. The lowest BCUT2D eigenvalue weighted by atomic mass is 9.90. The second-order valence-corrected chi connectivity index (χ2v) is 4.03. The summed E-state index contributed by atoms with van der Waals surface area (Å²) in [6.45, 7) is 4.12. The van der Waals surface area contributed by atoms with Crippen molar-refractivity contribution in [2.24, 2.45) is 0 Å². The SMILES string of the molecule is C[C@@H]1Cc2cc(O)cc(O)c2[C@@H](C)N1. The van der Waals surface area contributed by atoms with Gasteiger partial charge in [-0.05, 0) is 31.9 Å². The molecule has 14 heavy (non-hydrogen) atoms. The molecule has 0 aromatic heterocycles. The minimum Gasteiger partial charge on any atom is -0.508 e. The Morgan fingerprint density at radius 3 is 2.71 bits per heavy atom. The van der Waals surface area contributed by atoms with Crippen LogP contribution in [0.4, 0.5) is 0 Å². The number of rotatable bonds is 0. The predicted octanol–water partition coefficient (Wildman–Crippen LogP) is 1.69. The summed E-state index contributed by atoms with van der Waals surface area (Å²) >= 11 is 0.